The molecule has 3 heterocycles. The molecule has 0 aliphatic carbocycles. The summed E-state index contributed by atoms with van der Waals surface area (Å²) < 4.78 is 5.71. The van der Waals surface area contributed by atoms with Gasteiger partial charge in [-0.1, -0.05) is 13.8 Å². The van der Waals surface area contributed by atoms with Crippen LogP contribution in [-0.4, -0.2) is 90.6 Å². The van der Waals surface area contributed by atoms with E-state index in [2.05, 4.69) is 19.2 Å². The van der Waals surface area contributed by atoms with Crippen LogP contribution < -0.4 is 5.32 Å². The van der Waals surface area contributed by atoms with Gasteiger partial charge in [0, 0.05) is 45.6 Å². The number of carbonyl (C=O) groups excluding carboxylic acids is 3. The Labute approximate surface area is 154 Å². The number of nitrogens with zero attached hydrogens (tertiary/aromatic N) is 3. The fourth-order valence-electron chi connectivity index (χ4n) is 3.82. The zero-order valence-electron chi connectivity index (χ0n) is 15.8. The Morgan fingerprint density at radius 1 is 1.23 bits per heavy atom. The first-order chi connectivity index (χ1) is 12.4. The first-order valence-electron chi connectivity index (χ1n) is 9.62. The van der Waals surface area contributed by atoms with Gasteiger partial charge in [-0.2, -0.15) is 0 Å². The summed E-state index contributed by atoms with van der Waals surface area (Å²) >= 11 is 0. The average Bonchev–Trinajstić information content (AvgIpc) is 2.89. The van der Waals surface area contributed by atoms with E-state index in [1.54, 1.807) is 0 Å². The molecule has 0 unspecified atom stereocenters. The average molecular weight is 366 g/mol. The highest BCUT2D eigenvalue weighted by Gasteiger charge is 2.47. The molecule has 3 saturated heterocycles. The predicted molar refractivity (Wildman–Crippen MR) is 95.5 cm³/mol. The van der Waals surface area contributed by atoms with E-state index in [9.17, 15) is 14.4 Å². The maximum atomic E-state index is 12.5. The van der Waals surface area contributed by atoms with E-state index in [4.69, 9.17) is 4.74 Å². The van der Waals surface area contributed by atoms with E-state index < -0.39 is 5.60 Å². The van der Waals surface area contributed by atoms with Crippen LogP contribution in [0.5, 0.6) is 0 Å². The largest absolute Gasteiger partial charge is 0.441 e. The summed E-state index contributed by atoms with van der Waals surface area (Å²) in [6.45, 7) is 8.72. The molecule has 146 valence electrons. The zero-order chi connectivity index (χ0) is 18.7. The molecule has 1 spiro atoms. The number of nitrogens with one attached hydrogen (secondary N) is 1. The molecule has 8 nitrogen and oxygen atoms in total. The van der Waals surface area contributed by atoms with E-state index in [-0.39, 0.29) is 31.0 Å². The summed E-state index contributed by atoms with van der Waals surface area (Å²) in [4.78, 5) is 41.6. The molecule has 0 radical (unpaired) electrons. The molecule has 3 amide bonds. The third-order valence-electron chi connectivity index (χ3n) is 5.52. The van der Waals surface area contributed by atoms with Crippen molar-refractivity contribution in [2.75, 3.05) is 52.4 Å². The van der Waals surface area contributed by atoms with Crippen LogP contribution in [0.25, 0.3) is 0 Å². The molecule has 0 aromatic carbocycles. The molecular formula is C18H30N4O4. The number of piperazine rings is 1. The maximum absolute atomic E-state index is 12.5. The Hall–Kier alpha value is -1.83. The fourth-order valence-corrected chi connectivity index (χ4v) is 3.82. The second-order valence-corrected chi connectivity index (χ2v) is 8.10. The molecule has 0 aromatic heterocycles. The molecule has 0 atom stereocenters. The minimum Gasteiger partial charge on any atom is -0.441 e. The third-order valence-corrected chi connectivity index (χ3v) is 5.52. The number of piperidine rings is 1. The van der Waals surface area contributed by atoms with Crippen molar-refractivity contribution in [3.05, 3.63) is 0 Å². The minimum absolute atomic E-state index is 0.0268. The predicted octanol–water partition coefficient (Wildman–Crippen LogP) is 0.278. The van der Waals surface area contributed by atoms with Gasteiger partial charge in [-0.15, -0.1) is 0 Å². The molecule has 0 bridgehead atoms. The van der Waals surface area contributed by atoms with Crippen molar-refractivity contribution in [2.24, 2.45) is 5.92 Å². The summed E-state index contributed by atoms with van der Waals surface area (Å²) in [5.41, 5.74) is -0.435. The lowest BCUT2D eigenvalue weighted by Gasteiger charge is -2.38. The maximum Gasteiger partial charge on any atom is 0.410 e. The third kappa shape index (κ3) is 4.47. The zero-order valence-corrected chi connectivity index (χ0v) is 15.8. The van der Waals surface area contributed by atoms with Crippen molar-refractivity contribution in [1.29, 1.82) is 0 Å². The van der Waals surface area contributed by atoms with Gasteiger partial charge in [0.05, 0.1) is 19.6 Å². The quantitative estimate of drug-likeness (QED) is 0.756. The van der Waals surface area contributed by atoms with Crippen LogP contribution >= 0.6 is 0 Å². The molecule has 3 aliphatic heterocycles. The second kappa shape index (κ2) is 7.82. The van der Waals surface area contributed by atoms with Gasteiger partial charge in [0.25, 0.3) is 0 Å². The standard InChI is InChI=1S/C18H30N4O4/c1-14(2)3-7-22-13-18(26-17(22)25)4-8-21(9-5-18)16(24)12-20-10-6-19-15(23)11-20/h14H,3-13H2,1-2H3,(H,19,23). The van der Waals surface area contributed by atoms with Crippen LogP contribution in [0, 0.1) is 5.92 Å². The van der Waals surface area contributed by atoms with Gasteiger partial charge in [-0.25, -0.2) is 4.79 Å². The molecule has 3 fully saturated rings. The summed E-state index contributed by atoms with van der Waals surface area (Å²) in [6.07, 6.45) is 2.12. The Bertz CT molecular complexity index is 557. The van der Waals surface area contributed by atoms with Crippen LogP contribution in [0.1, 0.15) is 33.1 Å². The summed E-state index contributed by atoms with van der Waals surface area (Å²) in [5, 5.41) is 2.76. The fraction of sp³-hybridized carbons (Fsp3) is 0.833. The van der Waals surface area contributed by atoms with Crippen molar-refractivity contribution >= 4 is 17.9 Å². The van der Waals surface area contributed by atoms with E-state index in [0.717, 1.165) is 13.0 Å². The van der Waals surface area contributed by atoms with Gasteiger partial charge in [0.2, 0.25) is 11.8 Å². The van der Waals surface area contributed by atoms with Crippen LogP contribution in [-0.2, 0) is 14.3 Å². The number of amides is 3. The van der Waals surface area contributed by atoms with Crippen molar-refractivity contribution in [3.63, 3.8) is 0 Å². The summed E-state index contributed by atoms with van der Waals surface area (Å²) in [5.74, 6) is 0.576. The van der Waals surface area contributed by atoms with Gasteiger partial charge in [-0.3, -0.25) is 14.5 Å². The second-order valence-electron chi connectivity index (χ2n) is 8.10. The van der Waals surface area contributed by atoms with Gasteiger partial charge >= 0.3 is 6.09 Å². The van der Waals surface area contributed by atoms with E-state index in [1.807, 2.05) is 14.7 Å². The van der Waals surface area contributed by atoms with Crippen LogP contribution in [0.2, 0.25) is 0 Å². The first-order valence-corrected chi connectivity index (χ1v) is 9.62. The molecular weight excluding hydrogens is 336 g/mol. The minimum atomic E-state index is -0.435. The lowest BCUT2D eigenvalue weighted by atomic mass is 9.91. The summed E-state index contributed by atoms with van der Waals surface area (Å²) in [7, 11) is 0. The number of rotatable bonds is 5. The Balaban J connectivity index is 1.47. The Morgan fingerprint density at radius 3 is 2.62 bits per heavy atom. The van der Waals surface area contributed by atoms with E-state index >= 15 is 0 Å². The lowest BCUT2D eigenvalue weighted by molar-refractivity contribution is -0.136. The highest BCUT2D eigenvalue weighted by molar-refractivity contribution is 5.82. The Morgan fingerprint density at radius 2 is 1.96 bits per heavy atom. The topological polar surface area (TPSA) is 82.2 Å². The molecule has 26 heavy (non-hydrogen) atoms. The first kappa shape index (κ1) is 18.9. The molecule has 3 aliphatic rings. The van der Waals surface area contributed by atoms with Crippen LogP contribution in [0.4, 0.5) is 4.79 Å². The molecule has 1 N–H and O–H groups in total. The van der Waals surface area contributed by atoms with E-state index in [0.29, 0.717) is 51.5 Å². The van der Waals surface area contributed by atoms with Crippen LogP contribution in [0.3, 0.4) is 0 Å². The number of likely N-dealkylation sites (tertiary alicyclic amines) is 1. The molecule has 0 saturated carbocycles. The smallest absolute Gasteiger partial charge is 0.410 e. The number of carbonyl (C=O) groups is 3. The molecule has 8 heteroatoms. The van der Waals surface area contributed by atoms with E-state index in [1.165, 1.54) is 0 Å². The SMILES string of the molecule is CC(C)CCN1CC2(CCN(C(=O)CN3CCNC(=O)C3)CC2)OC1=O. The van der Waals surface area contributed by atoms with Crippen molar-refractivity contribution < 1.29 is 19.1 Å². The summed E-state index contributed by atoms with van der Waals surface area (Å²) in [6, 6.07) is 0. The normalized spacial score (nSPS) is 23.5. The van der Waals surface area contributed by atoms with Gasteiger partial charge in [0.15, 0.2) is 0 Å². The number of hydrogen-bond acceptors (Lipinski definition) is 5. The monoisotopic (exact) mass is 366 g/mol. The Kier molecular flexibility index (Phi) is 5.70. The van der Waals surface area contributed by atoms with Gasteiger partial charge < -0.3 is 19.9 Å². The highest BCUT2D eigenvalue weighted by Crippen LogP contribution is 2.33. The number of ether oxygens (including phenoxy) is 1. The number of hydrogen-bond donors (Lipinski definition) is 1. The lowest BCUT2D eigenvalue weighted by Crippen LogP contribution is -2.54. The molecule has 3 rings (SSSR count). The van der Waals surface area contributed by atoms with Gasteiger partial charge in [0.1, 0.15) is 5.60 Å². The van der Waals surface area contributed by atoms with Crippen molar-refractivity contribution in [1.82, 2.24) is 20.0 Å². The van der Waals surface area contributed by atoms with Crippen molar-refractivity contribution in [3.8, 4) is 0 Å². The van der Waals surface area contributed by atoms with Crippen LogP contribution in [0.15, 0.2) is 0 Å². The molecule has 0 aromatic rings. The highest BCUT2D eigenvalue weighted by atomic mass is 16.6. The van der Waals surface area contributed by atoms with Gasteiger partial charge in [-0.05, 0) is 12.3 Å². The van der Waals surface area contributed by atoms with Crippen molar-refractivity contribution in [2.45, 2.75) is 38.7 Å².